The molecular formula is C7H17NO. The quantitative estimate of drug-likeness (QED) is 0.515. The molecule has 9 heavy (non-hydrogen) atoms. The zero-order valence-corrected chi connectivity index (χ0v) is 5.77. The van der Waals surface area contributed by atoms with Gasteiger partial charge in [0.25, 0.3) is 0 Å². The van der Waals surface area contributed by atoms with E-state index in [-0.39, 0.29) is 1.43 Å². The molecule has 1 saturated heterocycles. The summed E-state index contributed by atoms with van der Waals surface area (Å²) < 4.78 is 0. The summed E-state index contributed by atoms with van der Waals surface area (Å²) in [5.41, 5.74) is 0. The van der Waals surface area contributed by atoms with Gasteiger partial charge in [-0.2, -0.15) is 0 Å². The number of aliphatic hydroxyl groups is 1. The number of hydrogen-bond acceptors (Lipinski definition) is 2. The first-order chi connectivity index (χ1) is 4.43. The number of hydrogen-bond donors (Lipinski definition) is 2. The zero-order valence-electron chi connectivity index (χ0n) is 5.77. The predicted molar refractivity (Wildman–Crippen MR) is 41.5 cm³/mol. The van der Waals surface area contributed by atoms with E-state index in [1.807, 2.05) is 0 Å². The Kier molecular flexibility index (Phi) is 5.57. The molecule has 0 aliphatic carbocycles. The Hall–Kier alpha value is -0.340. The Morgan fingerprint density at radius 2 is 2.33 bits per heavy atom. The Balaban J connectivity index is 0. The molecule has 1 aliphatic heterocycles. The SMILES string of the molecule is C=C.OC[C@H]1CCCN1.[HH]. The van der Waals surface area contributed by atoms with Crippen molar-refractivity contribution >= 4 is 0 Å². The topological polar surface area (TPSA) is 32.3 Å². The number of aliphatic hydroxyl groups excluding tert-OH is 1. The minimum absolute atomic E-state index is 0. The summed E-state index contributed by atoms with van der Waals surface area (Å²) >= 11 is 0. The van der Waals surface area contributed by atoms with Gasteiger partial charge in [-0.05, 0) is 19.4 Å². The summed E-state index contributed by atoms with van der Waals surface area (Å²) in [6, 6.07) is 0.403. The van der Waals surface area contributed by atoms with Crippen molar-refractivity contribution < 1.29 is 6.53 Å². The molecule has 1 rings (SSSR count). The van der Waals surface area contributed by atoms with Crippen molar-refractivity contribution in [2.45, 2.75) is 18.9 Å². The van der Waals surface area contributed by atoms with Gasteiger partial charge in [-0.3, -0.25) is 0 Å². The van der Waals surface area contributed by atoms with E-state index in [2.05, 4.69) is 18.5 Å². The average molecular weight is 131 g/mol. The van der Waals surface area contributed by atoms with Crippen molar-refractivity contribution in [1.82, 2.24) is 5.32 Å². The molecule has 0 aromatic carbocycles. The average Bonchev–Trinajstić information content (AvgIpc) is 2.43. The number of rotatable bonds is 1. The van der Waals surface area contributed by atoms with E-state index in [0.717, 1.165) is 13.0 Å². The van der Waals surface area contributed by atoms with Crippen LogP contribution in [0.15, 0.2) is 13.2 Å². The van der Waals surface area contributed by atoms with E-state index >= 15 is 0 Å². The molecule has 0 aromatic rings. The molecule has 2 heteroatoms. The first-order valence-corrected chi connectivity index (χ1v) is 3.27. The molecule has 56 valence electrons. The molecule has 0 amide bonds. The number of nitrogens with one attached hydrogen (secondary N) is 1. The van der Waals surface area contributed by atoms with Gasteiger partial charge in [0.15, 0.2) is 0 Å². The van der Waals surface area contributed by atoms with Gasteiger partial charge in [0.05, 0.1) is 6.61 Å². The molecule has 2 nitrogen and oxygen atoms in total. The molecule has 0 saturated carbocycles. The van der Waals surface area contributed by atoms with Crippen LogP contribution in [-0.2, 0) is 0 Å². The van der Waals surface area contributed by atoms with Gasteiger partial charge < -0.3 is 10.4 Å². The second kappa shape index (κ2) is 5.79. The van der Waals surface area contributed by atoms with Crippen LogP contribution < -0.4 is 5.32 Å². The fourth-order valence-corrected chi connectivity index (χ4v) is 0.913. The van der Waals surface area contributed by atoms with Crippen LogP contribution in [0.5, 0.6) is 0 Å². The van der Waals surface area contributed by atoms with Gasteiger partial charge in [0.1, 0.15) is 0 Å². The third-order valence-corrected chi connectivity index (χ3v) is 1.38. The standard InChI is InChI=1S/C5H11NO.C2H4.H2/c7-4-5-2-1-3-6-5;1-2;/h5-7H,1-4H2;1-2H2;1H/t5-;;/m1../s1. The van der Waals surface area contributed by atoms with E-state index in [9.17, 15) is 0 Å². The van der Waals surface area contributed by atoms with Crippen molar-refractivity contribution in [2.75, 3.05) is 13.2 Å². The van der Waals surface area contributed by atoms with E-state index in [1.165, 1.54) is 6.42 Å². The first kappa shape index (κ1) is 8.66. The van der Waals surface area contributed by atoms with Crippen LogP contribution in [0.25, 0.3) is 0 Å². The maximum atomic E-state index is 8.50. The third-order valence-electron chi connectivity index (χ3n) is 1.38. The minimum atomic E-state index is 0. The van der Waals surface area contributed by atoms with E-state index in [1.54, 1.807) is 0 Å². The van der Waals surface area contributed by atoms with Crippen LogP contribution >= 0.6 is 0 Å². The van der Waals surface area contributed by atoms with Gasteiger partial charge >= 0.3 is 0 Å². The Labute approximate surface area is 58.1 Å². The second-order valence-electron chi connectivity index (χ2n) is 1.98. The molecule has 0 aromatic heterocycles. The van der Waals surface area contributed by atoms with Gasteiger partial charge in [-0.25, -0.2) is 0 Å². The van der Waals surface area contributed by atoms with Crippen molar-refractivity contribution in [2.24, 2.45) is 0 Å². The smallest absolute Gasteiger partial charge is 0.0584 e. The fraction of sp³-hybridized carbons (Fsp3) is 0.714. The van der Waals surface area contributed by atoms with Crippen LogP contribution in [0.1, 0.15) is 14.3 Å². The zero-order chi connectivity index (χ0) is 7.11. The lowest BCUT2D eigenvalue weighted by Gasteiger charge is -2.01. The summed E-state index contributed by atoms with van der Waals surface area (Å²) in [5, 5.41) is 11.7. The molecule has 1 atom stereocenters. The molecular weight excluding hydrogens is 114 g/mol. The molecule has 0 radical (unpaired) electrons. The van der Waals surface area contributed by atoms with Gasteiger partial charge in [0.2, 0.25) is 0 Å². The summed E-state index contributed by atoms with van der Waals surface area (Å²) in [6.07, 6.45) is 2.38. The van der Waals surface area contributed by atoms with Crippen LogP contribution in [0.3, 0.4) is 0 Å². The highest BCUT2D eigenvalue weighted by atomic mass is 16.3. The third kappa shape index (κ3) is 3.27. The summed E-state index contributed by atoms with van der Waals surface area (Å²) in [4.78, 5) is 0. The van der Waals surface area contributed by atoms with Crippen LogP contribution in [0.2, 0.25) is 0 Å². The Morgan fingerprint density at radius 3 is 2.56 bits per heavy atom. The first-order valence-electron chi connectivity index (χ1n) is 3.27. The highest BCUT2D eigenvalue weighted by Crippen LogP contribution is 2.02. The summed E-state index contributed by atoms with van der Waals surface area (Å²) in [6.45, 7) is 7.39. The van der Waals surface area contributed by atoms with Crippen molar-refractivity contribution in [3.63, 3.8) is 0 Å². The van der Waals surface area contributed by atoms with Crippen LogP contribution in [-0.4, -0.2) is 24.3 Å². The maximum absolute atomic E-state index is 8.50. The maximum Gasteiger partial charge on any atom is 0.0584 e. The van der Waals surface area contributed by atoms with Gasteiger partial charge in [-0.1, -0.05) is 0 Å². The Bertz CT molecular complexity index is 64.6. The predicted octanol–water partition coefficient (Wildman–Crippen LogP) is 0.779. The van der Waals surface area contributed by atoms with Crippen molar-refractivity contribution in [3.05, 3.63) is 13.2 Å². The molecule has 0 unspecified atom stereocenters. The van der Waals surface area contributed by atoms with E-state index in [4.69, 9.17) is 5.11 Å². The minimum Gasteiger partial charge on any atom is -0.395 e. The lowest BCUT2D eigenvalue weighted by atomic mass is 10.2. The van der Waals surface area contributed by atoms with E-state index < -0.39 is 0 Å². The molecule has 0 spiro atoms. The van der Waals surface area contributed by atoms with Crippen molar-refractivity contribution in [1.29, 1.82) is 0 Å². The molecule has 1 aliphatic rings. The molecule has 2 N–H and O–H groups in total. The monoisotopic (exact) mass is 131 g/mol. The molecule has 0 bridgehead atoms. The Morgan fingerprint density at radius 1 is 1.67 bits per heavy atom. The second-order valence-corrected chi connectivity index (χ2v) is 1.98. The van der Waals surface area contributed by atoms with Gasteiger partial charge in [-0.15, -0.1) is 13.2 Å². The van der Waals surface area contributed by atoms with Crippen LogP contribution in [0, 0.1) is 0 Å². The lowest BCUT2D eigenvalue weighted by molar-refractivity contribution is 0.255. The summed E-state index contributed by atoms with van der Waals surface area (Å²) in [7, 11) is 0. The highest BCUT2D eigenvalue weighted by Gasteiger charge is 2.10. The molecule has 1 heterocycles. The highest BCUT2D eigenvalue weighted by molar-refractivity contribution is 4.71. The van der Waals surface area contributed by atoms with Crippen LogP contribution in [0.4, 0.5) is 0 Å². The lowest BCUT2D eigenvalue weighted by Crippen LogP contribution is -2.24. The fourth-order valence-electron chi connectivity index (χ4n) is 0.913. The van der Waals surface area contributed by atoms with Gasteiger partial charge in [0, 0.05) is 7.47 Å². The largest absolute Gasteiger partial charge is 0.395 e. The van der Waals surface area contributed by atoms with E-state index in [0.29, 0.717) is 12.6 Å². The van der Waals surface area contributed by atoms with Crippen molar-refractivity contribution in [3.8, 4) is 0 Å². The normalized spacial score (nSPS) is 24.8. The summed E-state index contributed by atoms with van der Waals surface area (Å²) in [5.74, 6) is 0. The molecule has 1 fully saturated rings.